The zero-order chi connectivity index (χ0) is 36.1. The molecular formula is C50H34N4. The molecule has 0 atom stereocenters. The largest absolute Gasteiger partial charge is 0.265 e. The van der Waals surface area contributed by atoms with Crippen LogP contribution in [-0.2, 0) is 0 Å². The molecule has 0 aliphatic carbocycles. The highest BCUT2D eigenvalue weighted by Crippen LogP contribution is 2.44. The molecule has 0 saturated heterocycles. The van der Waals surface area contributed by atoms with Gasteiger partial charge in [-0.15, -0.1) is 0 Å². The molecule has 0 amide bonds. The van der Waals surface area contributed by atoms with Crippen molar-refractivity contribution in [2.45, 2.75) is 0 Å². The number of pyridine rings is 4. The SMILES string of the molecule is c1cc(-c2ccncc2)cc(-c2cc(-c3cccc(-c4ccncc4)c3)c(-c3cccc(-c4ccncc4)c3)cc2-c2cccc(-c3ccncc3)c2)c1. The smallest absolute Gasteiger partial charge is 0.0273 e. The summed E-state index contributed by atoms with van der Waals surface area (Å²) in [5.74, 6) is 0. The first-order chi connectivity index (χ1) is 26.8. The van der Waals surface area contributed by atoms with Gasteiger partial charge in [0.25, 0.3) is 0 Å². The Morgan fingerprint density at radius 3 is 0.611 bits per heavy atom. The molecule has 0 aliphatic rings. The van der Waals surface area contributed by atoms with Crippen molar-refractivity contribution in [3.8, 4) is 89.0 Å². The average Bonchev–Trinajstić information content (AvgIpc) is 3.27. The van der Waals surface area contributed by atoms with Crippen molar-refractivity contribution >= 4 is 0 Å². The highest BCUT2D eigenvalue weighted by atomic mass is 14.6. The van der Waals surface area contributed by atoms with Gasteiger partial charge in [0.1, 0.15) is 0 Å². The molecule has 0 saturated carbocycles. The van der Waals surface area contributed by atoms with E-state index in [1.54, 1.807) is 0 Å². The molecule has 0 unspecified atom stereocenters. The summed E-state index contributed by atoms with van der Waals surface area (Å²) in [6, 6.07) is 56.6. The van der Waals surface area contributed by atoms with Crippen molar-refractivity contribution < 1.29 is 0 Å². The van der Waals surface area contributed by atoms with Crippen molar-refractivity contribution in [1.29, 1.82) is 0 Å². The maximum atomic E-state index is 4.27. The van der Waals surface area contributed by atoms with Gasteiger partial charge in [-0.1, -0.05) is 72.8 Å². The fourth-order valence-corrected chi connectivity index (χ4v) is 7.20. The molecule has 0 fully saturated rings. The van der Waals surface area contributed by atoms with E-state index >= 15 is 0 Å². The Bertz CT molecular complexity index is 2320. The zero-order valence-corrected chi connectivity index (χ0v) is 29.4. The monoisotopic (exact) mass is 690 g/mol. The lowest BCUT2D eigenvalue weighted by molar-refractivity contribution is 1.33. The molecule has 4 heteroatoms. The van der Waals surface area contributed by atoms with Gasteiger partial charge in [0.05, 0.1) is 0 Å². The van der Waals surface area contributed by atoms with Crippen LogP contribution in [-0.4, -0.2) is 19.9 Å². The molecule has 254 valence electrons. The molecule has 4 nitrogen and oxygen atoms in total. The van der Waals surface area contributed by atoms with Crippen LogP contribution in [0.25, 0.3) is 89.0 Å². The van der Waals surface area contributed by atoms with E-state index in [-0.39, 0.29) is 0 Å². The summed E-state index contributed by atoms with van der Waals surface area (Å²) in [7, 11) is 0. The third-order valence-corrected chi connectivity index (χ3v) is 9.91. The number of benzene rings is 5. The van der Waals surface area contributed by atoms with E-state index in [1.807, 2.05) is 49.6 Å². The summed E-state index contributed by atoms with van der Waals surface area (Å²) >= 11 is 0. The number of aromatic nitrogens is 4. The van der Waals surface area contributed by atoms with E-state index < -0.39 is 0 Å². The third-order valence-electron chi connectivity index (χ3n) is 9.91. The molecule has 9 rings (SSSR count). The molecule has 0 bridgehead atoms. The second kappa shape index (κ2) is 14.7. The molecule has 4 aromatic heterocycles. The minimum Gasteiger partial charge on any atom is -0.265 e. The van der Waals surface area contributed by atoms with Crippen molar-refractivity contribution in [1.82, 2.24) is 19.9 Å². The summed E-state index contributed by atoms with van der Waals surface area (Å²) in [6.45, 7) is 0. The minimum atomic E-state index is 1.13. The molecule has 54 heavy (non-hydrogen) atoms. The van der Waals surface area contributed by atoms with Gasteiger partial charge < -0.3 is 0 Å². The molecule has 0 radical (unpaired) electrons. The minimum absolute atomic E-state index is 1.13. The Labute approximate surface area is 315 Å². The molecule has 5 aromatic carbocycles. The standard InChI is InChI=1S/C50H34N4/c1-5-39(35-13-21-51-22-14-35)29-43(9-1)47-33-49(45-11-3-7-41(31-45)37-17-25-53-26-18-37)50(46-12-4-8-42(32-46)38-19-27-54-28-20-38)34-48(47)44-10-2-6-40(30-44)36-15-23-52-24-16-36/h1-34H. The second-order valence-corrected chi connectivity index (χ2v) is 13.2. The Morgan fingerprint density at radius 2 is 0.389 bits per heavy atom. The van der Waals surface area contributed by atoms with Crippen LogP contribution in [0.15, 0.2) is 207 Å². The summed E-state index contributed by atoms with van der Waals surface area (Å²) in [6.07, 6.45) is 14.8. The lowest BCUT2D eigenvalue weighted by Gasteiger charge is -2.20. The molecule has 0 N–H and O–H groups in total. The van der Waals surface area contributed by atoms with E-state index in [4.69, 9.17) is 0 Å². The van der Waals surface area contributed by atoms with Crippen LogP contribution < -0.4 is 0 Å². The molecular weight excluding hydrogens is 657 g/mol. The van der Waals surface area contributed by atoms with E-state index in [9.17, 15) is 0 Å². The number of rotatable bonds is 8. The topological polar surface area (TPSA) is 51.6 Å². The van der Waals surface area contributed by atoms with Crippen molar-refractivity contribution in [3.63, 3.8) is 0 Å². The first kappa shape index (κ1) is 32.6. The number of nitrogens with zero attached hydrogens (tertiary/aromatic N) is 4. The van der Waals surface area contributed by atoms with Gasteiger partial charge in [-0.25, -0.2) is 0 Å². The second-order valence-electron chi connectivity index (χ2n) is 13.2. The van der Waals surface area contributed by atoms with Gasteiger partial charge in [-0.05, 0) is 174 Å². The first-order valence-electron chi connectivity index (χ1n) is 18.0. The van der Waals surface area contributed by atoms with Gasteiger partial charge >= 0.3 is 0 Å². The van der Waals surface area contributed by atoms with Crippen LogP contribution in [0.3, 0.4) is 0 Å². The molecule has 9 aromatic rings. The Balaban J connectivity index is 1.32. The van der Waals surface area contributed by atoms with Gasteiger partial charge in [0.15, 0.2) is 0 Å². The maximum Gasteiger partial charge on any atom is 0.0273 e. The molecule has 0 aliphatic heterocycles. The normalized spacial score (nSPS) is 11.0. The van der Waals surface area contributed by atoms with Gasteiger partial charge in [-0.2, -0.15) is 0 Å². The third kappa shape index (κ3) is 6.72. The van der Waals surface area contributed by atoms with Gasteiger partial charge in [-0.3, -0.25) is 19.9 Å². The highest BCUT2D eigenvalue weighted by molar-refractivity contribution is 5.97. The summed E-state index contributed by atoms with van der Waals surface area (Å²) in [4.78, 5) is 17.1. The first-order valence-corrected chi connectivity index (χ1v) is 18.0. The summed E-state index contributed by atoms with van der Waals surface area (Å²) in [5.41, 5.74) is 18.2. The van der Waals surface area contributed by atoms with Crippen LogP contribution in [0.2, 0.25) is 0 Å². The van der Waals surface area contributed by atoms with Crippen LogP contribution >= 0.6 is 0 Å². The highest BCUT2D eigenvalue weighted by Gasteiger charge is 2.18. The predicted octanol–water partition coefficient (Wildman–Crippen LogP) is 12.6. The van der Waals surface area contributed by atoms with E-state index in [1.165, 1.54) is 0 Å². The fourth-order valence-electron chi connectivity index (χ4n) is 7.20. The van der Waals surface area contributed by atoms with Crippen LogP contribution in [0.4, 0.5) is 0 Å². The van der Waals surface area contributed by atoms with Crippen molar-refractivity contribution in [2.75, 3.05) is 0 Å². The Hall–Kier alpha value is -7.30. The van der Waals surface area contributed by atoms with Crippen LogP contribution in [0, 0.1) is 0 Å². The fraction of sp³-hybridized carbons (Fsp3) is 0. The molecule has 0 spiro atoms. The number of hydrogen-bond donors (Lipinski definition) is 0. The molecule has 4 heterocycles. The average molecular weight is 691 g/mol. The van der Waals surface area contributed by atoms with Crippen molar-refractivity contribution in [2.24, 2.45) is 0 Å². The summed E-state index contributed by atoms with van der Waals surface area (Å²) in [5, 5.41) is 0. The predicted molar refractivity (Wildman–Crippen MR) is 221 cm³/mol. The van der Waals surface area contributed by atoms with E-state index in [2.05, 4.69) is 178 Å². The maximum absolute atomic E-state index is 4.27. The summed E-state index contributed by atoms with van der Waals surface area (Å²) < 4.78 is 0. The quantitative estimate of drug-likeness (QED) is 0.159. The van der Waals surface area contributed by atoms with E-state index in [0.717, 1.165) is 89.0 Å². The lowest BCUT2D eigenvalue weighted by Crippen LogP contribution is -1.94. The Morgan fingerprint density at radius 1 is 0.185 bits per heavy atom. The van der Waals surface area contributed by atoms with Gasteiger partial charge in [0, 0.05) is 49.6 Å². The Kier molecular flexibility index (Phi) is 8.90. The van der Waals surface area contributed by atoms with Crippen LogP contribution in [0.1, 0.15) is 0 Å². The van der Waals surface area contributed by atoms with Crippen LogP contribution in [0.5, 0.6) is 0 Å². The number of hydrogen-bond acceptors (Lipinski definition) is 4. The lowest BCUT2D eigenvalue weighted by atomic mass is 9.84. The van der Waals surface area contributed by atoms with E-state index in [0.29, 0.717) is 0 Å². The van der Waals surface area contributed by atoms with Crippen molar-refractivity contribution in [3.05, 3.63) is 207 Å². The zero-order valence-electron chi connectivity index (χ0n) is 29.4. The van der Waals surface area contributed by atoms with Gasteiger partial charge in [0.2, 0.25) is 0 Å².